The van der Waals surface area contributed by atoms with Gasteiger partial charge in [-0.1, -0.05) is 6.42 Å². The summed E-state index contributed by atoms with van der Waals surface area (Å²) in [6.45, 7) is 1.12. The number of carbonyl (C=O) groups is 1. The van der Waals surface area contributed by atoms with Crippen molar-refractivity contribution in [3.05, 3.63) is 53.9 Å². The second-order valence-corrected chi connectivity index (χ2v) is 9.29. The molecule has 3 aromatic rings. The SMILES string of the molecule is O=C(Nc1ccc(S(=O)(=O)N2CCCCC2)cc1)c1csc(-c2ccoc2)n1. The van der Waals surface area contributed by atoms with Crippen LogP contribution in [0.4, 0.5) is 5.69 Å². The molecular weight excluding hydrogens is 398 g/mol. The number of piperidine rings is 1. The van der Waals surface area contributed by atoms with E-state index in [2.05, 4.69) is 10.3 Å². The monoisotopic (exact) mass is 417 g/mol. The first-order valence-electron chi connectivity index (χ1n) is 8.94. The summed E-state index contributed by atoms with van der Waals surface area (Å²) in [5.74, 6) is -0.349. The number of furan rings is 1. The summed E-state index contributed by atoms with van der Waals surface area (Å²) in [4.78, 5) is 17.0. The smallest absolute Gasteiger partial charge is 0.275 e. The number of anilines is 1. The van der Waals surface area contributed by atoms with Gasteiger partial charge in [0.15, 0.2) is 0 Å². The molecule has 1 aromatic carbocycles. The average Bonchev–Trinajstić information content (AvgIpc) is 3.41. The molecule has 7 nitrogen and oxygen atoms in total. The maximum absolute atomic E-state index is 12.7. The largest absolute Gasteiger partial charge is 0.472 e. The van der Waals surface area contributed by atoms with Crippen LogP contribution in [0.3, 0.4) is 0 Å². The van der Waals surface area contributed by atoms with E-state index in [0.29, 0.717) is 29.5 Å². The lowest BCUT2D eigenvalue weighted by Gasteiger charge is -2.25. The van der Waals surface area contributed by atoms with Gasteiger partial charge in [0.1, 0.15) is 17.0 Å². The predicted octanol–water partition coefficient (Wildman–Crippen LogP) is 3.83. The lowest BCUT2D eigenvalue weighted by Crippen LogP contribution is -2.35. The molecule has 1 amide bonds. The summed E-state index contributed by atoms with van der Waals surface area (Å²) in [6, 6.07) is 8.02. The normalized spacial score (nSPS) is 15.4. The molecule has 0 aliphatic carbocycles. The Kier molecular flexibility index (Phi) is 5.29. The van der Waals surface area contributed by atoms with Crippen molar-refractivity contribution in [3.8, 4) is 10.6 Å². The van der Waals surface area contributed by atoms with E-state index in [4.69, 9.17) is 4.42 Å². The highest BCUT2D eigenvalue weighted by atomic mass is 32.2. The highest BCUT2D eigenvalue weighted by molar-refractivity contribution is 7.89. The van der Waals surface area contributed by atoms with Gasteiger partial charge in [0, 0.05) is 29.7 Å². The number of nitrogens with one attached hydrogen (secondary N) is 1. The number of nitrogens with zero attached hydrogens (tertiary/aromatic N) is 2. The van der Waals surface area contributed by atoms with Crippen LogP contribution in [0.25, 0.3) is 10.6 Å². The van der Waals surface area contributed by atoms with Crippen LogP contribution in [0.2, 0.25) is 0 Å². The van der Waals surface area contributed by atoms with E-state index in [9.17, 15) is 13.2 Å². The molecule has 1 N–H and O–H groups in total. The number of thiazole rings is 1. The van der Waals surface area contributed by atoms with Crippen molar-refractivity contribution < 1.29 is 17.6 Å². The topological polar surface area (TPSA) is 92.5 Å². The molecule has 1 fully saturated rings. The summed E-state index contributed by atoms with van der Waals surface area (Å²) >= 11 is 1.35. The minimum atomic E-state index is -3.48. The Morgan fingerprint density at radius 3 is 2.54 bits per heavy atom. The number of carbonyl (C=O) groups excluding carboxylic acids is 1. The van der Waals surface area contributed by atoms with Crippen LogP contribution in [0.1, 0.15) is 29.8 Å². The van der Waals surface area contributed by atoms with Gasteiger partial charge >= 0.3 is 0 Å². The quantitative estimate of drug-likeness (QED) is 0.681. The minimum absolute atomic E-state index is 0.239. The van der Waals surface area contributed by atoms with Gasteiger partial charge in [0.25, 0.3) is 5.91 Å². The third-order valence-electron chi connectivity index (χ3n) is 4.57. The Morgan fingerprint density at radius 2 is 1.86 bits per heavy atom. The van der Waals surface area contributed by atoms with Gasteiger partial charge in [-0.2, -0.15) is 4.31 Å². The molecule has 0 radical (unpaired) electrons. The molecule has 0 saturated carbocycles. The number of rotatable bonds is 5. The van der Waals surface area contributed by atoms with E-state index in [0.717, 1.165) is 24.8 Å². The van der Waals surface area contributed by atoms with Gasteiger partial charge in [0.2, 0.25) is 10.0 Å². The van der Waals surface area contributed by atoms with Gasteiger partial charge < -0.3 is 9.73 Å². The van der Waals surface area contributed by atoms with Crippen LogP contribution >= 0.6 is 11.3 Å². The first-order chi connectivity index (χ1) is 13.5. The van der Waals surface area contributed by atoms with Crippen molar-refractivity contribution in [2.24, 2.45) is 0 Å². The van der Waals surface area contributed by atoms with E-state index in [1.807, 2.05) is 0 Å². The lowest BCUT2D eigenvalue weighted by molar-refractivity contribution is 0.102. The van der Waals surface area contributed by atoms with Crippen LogP contribution in [0.15, 0.2) is 57.6 Å². The average molecular weight is 418 g/mol. The fraction of sp³-hybridized carbons (Fsp3) is 0.263. The second kappa shape index (κ2) is 7.86. The molecule has 2 aromatic heterocycles. The van der Waals surface area contributed by atoms with Gasteiger partial charge in [-0.3, -0.25) is 4.79 Å². The zero-order valence-corrected chi connectivity index (χ0v) is 16.6. The first-order valence-corrected chi connectivity index (χ1v) is 11.3. The van der Waals surface area contributed by atoms with Crippen LogP contribution < -0.4 is 5.32 Å². The number of benzene rings is 1. The van der Waals surface area contributed by atoms with Gasteiger partial charge in [-0.05, 0) is 43.2 Å². The summed E-state index contributed by atoms with van der Waals surface area (Å²) in [6.07, 6.45) is 5.97. The van der Waals surface area contributed by atoms with Crippen molar-refractivity contribution in [1.29, 1.82) is 0 Å². The molecule has 0 spiro atoms. The Balaban J connectivity index is 1.45. The summed E-state index contributed by atoms with van der Waals surface area (Å²) in [7, 11) is -3.48. The van der Waals surface area contributed by atoms with Crippen LogP contribution in [0, 0.1) is 0 Å². The van der Waals surface area contributed by atoms with E-state index in [1.54, 1.807) is 36.1 Å². The molecule has 0 atom stereocenters. The number of hydrogen-bond acceptors (Lipinski definition) is 6. The highest BCUT2D eigenvalue weighted by Crippen LogP contribution is 2.25. The molecule has 146 valence electrons. The van der Waals surface area contributed by atoms with Crippen molar-refractivity contribution in [1.82, 2.24) is 9.29 Å². The van der Waals surface area contributed by atoms with E-state index in [1.165, 1.54) is 27.8 Å². The van der Waals surface area contributed by atoms with E-state index >= 15 is 0 Å². The molecule has 28 heavy (non-hydrogen) atoms. The highest BCUT2D eigenvalue weighted by Gasteiger charge is 2.25. The number of hydrogen-bond donors (Lipinski definition) is 1. The zero-order valence-electron chi connectivity index (χ0n) is 15.0. The van der Waals surface area contributed by atoms with E-state index in [-0.39, 0.29) is 10.8 Å². The first kappa shape index (κ1) is 18.9. The molecule has 3 heterocycles. The Bertz CT molecular complexity index is 1050. The molecule has 1 aliphatic heterocycles. The Hall–Kier alpha value is -2.49. The van der Waals surface area contributed by atoms with Crippen molar-refractivity contribution in [2.75, 3.05) is 18.4 Å². The third-order valence-corrected chi connectivity index (χ3v) is 7.37. The minimum Gasteiger partial charge on any atom is -0.472 e. The fourth-order valence-corrected chi connectivity index (χ4v) is 5.36. The number of aromatic nitrogens is 1. The Labute approximate surface area is 167 Å². The maximum Gasteiger partial charge on any atom is 0.275 e. The molecule has 1 saturated heterocycles. The molecule has 0 bridgehead atoms. The molecular formula is C19H19N3O4S2. The maximum atomic E-state index is 12.7. The van der Waals surface area contributed by atoms with Crippen molar-refractivity contribution >= 4 is 33.0 Å². The van der Waals surface area contributed by atoms with Gasteiger partial charge in [-0.25, -0.2) is 13.4 Å². The Morgan fingerprint density at radius 1 is 1.11 bits per heavy atom. The second-order valence-electron chi connectivity index (χ2n) is 6.49. The standard InChI is InChI=1S/C19H19N3O4S2/c23-18(17-13-27-19(21-17)14-8-11-26-12-14)20-15-4-6-16(7-5-15)28(24,25)22-9-2-1-3-10-22/h4-8,11-13H,1-3,9-10H2,(H,20,23). The number of amides is 1. The van der Waals surface area contributed by atoms with Crippen LogP contribution in [-0.4, -0.2) is 36.7 Å². The zero-order chi connectivity index (χ0) is 19.6. The summed E-state index contributed by atoms with van der Waals surface area (Å²) in [5, 5.41) is 5.12. The molecule has 1 aliphatic rings. The van der Waals surface area contributed by atoms with Crippen molar-refractivity contribution in [2.45, 2.75) is 24.2 Å². The van der Waals surface area contributed by atoms with Gasteiger partial charge in [0.05, 0.1) is 11.2 Å². The summed E-state index contributed by atoms with van der Waals surface area (Å²) in [5.41, 5.74) is 1.63. The van der Waals surface area contributed by atoms with Gasteiger partial charge in [-0.15, -0.1) is 11.3 Å². The molecule has 0 unspecified atom stereocenters. The lowest BCUT2D eigenvalue weighted by atomic mass is 10.2. The predicted molar refractivity (Wildman–Crippen MR) is 107 cm³/mol. The number of sulfonamides is 1. The third kappa shape index (κ3) is 3.87. The molecule has 9 heteroatoms. The fourth-order valence-electron chi connectivity index (χ4n) is 3.06. The van der Waals surface area contributed by atoms with Crippen molar-refractivity contribution in [3.63, 3.8) is 0 Å². The summed E-state index contributed by atoms with van der Waals surface area (Å²) < 4.78 is 31.9. The van der Waals surface area contributed by atoms with E-state index < -0.39 is 10.0 Å². The van der Waals surface area contributed by atoms with Crippen LogP contribution in [-0.2, 0) is 10.0 Å². The molecule has 4 rings (SSSR count). The van der Waals surface area contributed by atoms with Crippen LogP contribution in [0.5, 0.6) is 0 Å².